The molecule has 1 aromatic carbocycles. The summed E-state index contributed by atoms with van der Waals surface area (Å²) in [7, 11) is 0. The third-order valence-corrected chi connectivity index (χ3v) is 4.20. The number of pyridine rings is 1. The minimum atomic E-state index is -0.590. The molecule has 1 aliphatic rings. The van der Waals surface area contributed by atoms with Crippen molar-refractivity contribution in [2.24, 2.45) is 0 Å². The van der Waals surface area contributed by atoms with Crippen LogP contribution in [0.2, 0.25) is 0 Å². The van der Waals surface area contributed by atoms with Crippen LogP contribution in [0.5, 0.6) is 0 Å². The first kappa shape index (κ1) is 17.1. The summed E-state index contributed by atoms with van der Waals surface area (Å²) >= 11 is 0. The highest BCUT2D eigenvalue weighted by Gasteiger charge is 2.18. The first-order valence-electron chi connectivity index (χ1n) is 8.26. The molecule has 0 radical (unpaired) electrons. The van der Waals surface area contributed by atoms with E-state index >= 15 is 0 Å². The van der Waals surface area contributed by atoms with Gasteiger partial charge >= 0.3 is 0 Å². The van der Waals surface area contributed by atoms with Crippen LogP contribution in [0, 0.1) is 11.6 Å². The number of nitrogens with zero attached hydrogens (tertiary/aromatic N) is 2. The first-order valence-corrected chi connectivity index (χ1v) is 8.26. The number of carbonyl (C=O) groups excluding carboxylic acids is 1. The van der Waals surface area contributed by atoms with Crippen LogP contribution in [-0.2, 0) is 4.79 Å². The first-order chi connectivity index (χ1) is 12.1. The molecule has 1 aromatic heterocycles. The summed E-state index contributed by atoms with van der Waals surface area (Å²) in [5.41, 5.74) is 1.15. The van der Waals surface area contributed by atoms with Crippen molar-refractivity contribution >= 4 is 17.4 Å². The van der Waals surface area contributed by atoms with Crippen molar-refractivity contribution in [3.8, 4) is 0 Å². The van der Waals surface area contributed by atoms with Crippen LogP contribution in [0.4, 0.5) is 20.3 Å². The van der Waals surface area contributed by atoms with E-state index in [0.29, 0.717) is 25.1 Å². The van der Waals surface area contributed by atoms with E-state index in [1.807, 2.05) is 24.0 Å². The van der Waals surface area contributed by atoms with Gasteiger partial charge in [0.15, 0.2) is 0 Å². The minimum Gasteiger partial charge on any atom is -0.377 e. The Bertz CT molecular complexity index is 751. The topological polar surface area (TPSA) is 57.3 Å². The lowest BCUT2D eigenvalue weighted by molar-refractivity contribution is -0.120. The van der Waals surface area contributed by atoms with E-state index in [0.717, 1.165) is 17.6 Å². The van der Waals surface area contributed by atoms with Crippen LogP contribution in [0.1, 0.15) is 24.9 Å². The molecule has 1 aliphatic heterocycles. The maximum absolute atomic E-state index is 14.0. The summed E-state index contributed by atoms with van der Waals surface area (Å²) in [5.74, 6) is -0.453. The molecule has 25 heavy (non-hydrogen) atoms. The highest BCUT2D eigenvalue weighted by atomic mass is 19.1. The molecule has 0 aliphatic carbocycles. The lowest BCUT2D eigenvalue weighted by Gasteiger charge is -2.27. The summed E-state index contributed by atoms with van der Waals surface area (Å²) in [6.07, 6.45) is 2.29. The van der Waals surface area contributed by atoms with E-state index in [-0.39, 0.29) is 18.5 Å². The predicted molar refractivity (Wildman–Crippen MR) is 92.5 cm³/mol. The molecule has 7 heteroatoms. The second-order valence-corrected chi connectivity index (χ2v) is 5.95. The summed E-state index contributed by atoms with van der Waals surface area (Å²) in [4.78, 5) is 17.7. The van der Waals surface area contributed by atoms with Gasteiger partial charge in [-0.05, 0) is 24.6 Å². The Morgan fingerprint density at radius 2 is 2.16 bits per heavy atom. The third kappa shape index (κ3) is 4.04. The lowest BCUT2D eigenvalue weighted by Crippen LogP contribution is -2.48. The zero-order chi connectivity index (χ0) is 17.8. The number of carbonyl (C=O) groups is 1. The lowest BCUT2D eigenvalue weighted by atomic mass is 10.0. The van der Waals surface area contributed by atoms with Crippen molar-refractivity contribution in [2.75, 3.05) is 29.9 Å². The van der Waals surface area contributed by atoms with Gasteiger partial charge in [-0.25, -0.2) is 13.8 Å². The monoisotopic (exact) mass is 346 g/mol. The number of piperazine rings is 1. The SMILES string of the molecule is CCC(Nc1ccc(N2CCNC(=O)C2)nc1)c1ccc(F)cc1F. The van der Waals surface area contributed by atoms with Gasteiger partial charge in [-0.1, -0.05) is 13.0 Å². The fourth-order valence-electron chi connectivity index (χ4n) is 2.88. The molecule has 0 bridgehead atoms. The quantitative estimate of drug-likeness (QED) is 0.874. The zero-order valence-corrected chi connectivity index (χ0v) is 13.9. The van der Waals surface area contributed by atoms with Crippen LogP contribution < -0.4 is 15.5 Å². The largest absolute Gasteiger partial charge is 0.377 e. The number of amides is 1. The third-order valence-electron chi connectivity index (χ3n) is 4.20. The molecule has 2 heterocycles. The van der Waals surface area contributed by atoms with Gasteiger partial charge in [-0.2, -0.15) is 0 Å². The van der Waals surface area contributed by atoms with Gasteiger partial charge in [0.25, 0.3) is 0 Å². The Kier molecular flexibility index (Phi) is 5.11. The standard InChI is InChI=1S/C18H20F2N4O/c1-2-16(14-5-3-12(19)9-15(14)20)23-13-4-6-17(22-10-13)24-8-7-21-18(25)11-24/h3-6,9-10,16,23H,2,7-8,11H2,1H3,(H,21,25). The van der Waals surface area contributed by atoms with Crippen LogP contribution >= 0.6 is 0 Å². The molecule has 1 saturated heterocycles. The number of anilines is 2. The average Bonchev–Trinajstić information content (AvgIpc) is 2.61. The van der Waals surface area contributed by atoms with E-state index in [2.05, 4.69) is 15.6 Å². The van der Waals surface area contributed by atoms with Crippen molar-refractivity contribution in [1.82, 2.24) is 10.3 Å². The minimum absolute atomic E-state index is 0.0203. The molecule has 1 atom stereocenters. The number of nitrogens with one attached hydrogen (secondary N) is 2. The number of benzene rings is 1. The summed E-state index contributed by atoms with van der Waals surface area (Å²) in [5, 5.41) is 5.99. The maximum Gasteiger partial charge on any atom is 0.239 e. The zero-order valence-electron chi connectivity index (χ0n) is 13.9. The summed E-state index contributed by atoms with van der Waals surface area (Å²) in [6, 6.07) is 7.00. The fourth-order valence-corrected chi connectivity index (χ4v) is 2.88. The summed E-state index contributed by atoms with van der Waals surface area (Å²) in [6.45, 7) is 3.53. The van der Waals surface area contributed by atoms with Crippen LogP contribution in [-0.4, -0.2) is 30.5 Å². The Morgan fingerprint density at radius 1 is 1.32 bits per heavy atom. The molecule has 2 N–H and O–H groups in total. The number of hydrogen-bond acceptors (Lipinski definition) is 4. The molecular formula is C18H20F2N4O. The van der Waals surface area contributed by atoms with Crippen LogP contribution in [0.3, 0.4) is 0 Å². The van der Waals surface area contributed by atoms with E-state index in [1.165, 1.54) is 12.1 Å². The van der Waals surface area contributed by atoms with Crippen molar-refractivity contribution in [3.05, 3.63) is 53.7 Å². The molecule has 1 unspecified atom stereocenters. The van der Waals surface area contributed by atoms with Crippen molar-refractivity contribution in [2.45, 2.75) is 19.4 Å². The van der Waals surface area contributed by atoms with E-state index < -0.39 is 11.6 Å². The predicted octanol–water partition coefficient (Wildman–Crippen LogP) is 2.86. The fraction of sp³-hybridized carbons (Fsp3) is 0.333. The maximum atomic E-state index is 14.0. The molecule has 0 saturated carbocycles. The second-order valence-electron chi connectivity index (χ2n) is 5.95. The van der Waals surface area contributed by atoms with Gasteiger partial charge in [-0.15, -0.1) is 0 Å². The molecule has 132 valence electrons. The van der Waals surface area contributed by atoms with Crippen molar-refractivity contribution in [1.29, 1.82) is 0 Å². The van der Waals surface area contributed by atoms with Gasteiger partial charge in [0.2, 0.25) is 5.91 Å². The van der Waals surface area contributed by atoms with Crippen molar-refractivity contribution in [3.63, 3.8) is 0 Å². The molecule has 2 aromatic rings. The molecule has 5 nitrogen and oxygen atoms in total. The van der Waals surface area contributed by atoms with Gasteiger partial charge in [0.1, 0.15) is 17.5 Å². The van der Waals surface area contributed by atoms with E-state index in [4.69, 9.17) is 0 Å². The van der Waals surface area contributed by atoms with E-state index in [9.17, 15) is 13.6 Å². The smallest absolute Gasteiger partial charge is 0.239 e. The second kappa shape index (κ2) is 7.46. The van der Waals surface area contributed by atoms with Crippen molar-refractivity contribution < 1.29 is 13.6 Å². The van der Waals surface area contributed by atoms with Crippen LogP contribution in [0.15, 0.2) is 36.5 Å². The molecule has 3 rings (SSSR count). The number of aromatic nitrogens is 1. The molecule has 1 fully saturated rings. The number of rotatable bonds is 5. The van der Waals surface area contributed by atoms with Gasteiger partial charge in [-0.3, -0.25) is 4.79 Å². The Hall–Kier alpha value is -2.70. The van der Waals surface area contributed by atoms with Gasteiger partial charge in [0.05, 0.1) is 24.5 Å². The molecule has 0 spiro atoms. The highest BCUT2D eigenvalue weighted by molar-refractivity contribution is 5.82. The Labute approximate surface area is 145 Å². The Morgan fingerprint density at radius 3 is 2.80 bits per heavy atom. The molecule has 1 amide bonds. The van der Waals surface area contributed by atoms with E-state index in [1.54, 1.807) is 6.20 Å². The Balaban J connectivity index is 1.72. The normalized spacial score (nSPS) is 15.6. The molecular weight excluding hydrogens is 326 g/mol. The number of hydrogen-bond donors (Lipinski definition) is 2. The number of halogens is 2. The van der Waals surface area contributed by atoms with Gasteiger partial charge < -0.3 is 15.5 Å². The van der Waals surface area contributed by atoms with Crippen LogP contribution in [0.25, 0.3) is 0 Å². The van der Waals surface area contributed by atoms with Gasteiger partial charge in [0, 0.05) is 24.7 Å². The summed E-state index contributed by atoms with van der Waals surface area (Å²) < 4.78 is 27.1. The highest BCUT2D eigenvalue weighted by Crippen LogP contribution is 2.26. The average molecular weight is 346 g/mol.